The summed E-state index contributed by atoms with van der Waals surface area (Å²) in [5, 5.41) is 11.7. The molecule has 2 bridgehead atoms. The van der Waals surface area contributed by atoms with Gasteiger partial charge in [0.1, 0.15) is 24.0 Å². The molecule has 33 heavy (non-hydrogen) atoms. The van der Waals surface area contributed by atoms with E-state index in [9.17, 15) is 5.11 Å². The molecule has 1 saturated carbocycles. The van der Waals surface area contributed by atoms with Crippen LogP contribution in [0.2, 0.25) is 0 Å². The first-order valence-electron chi connectivity index (χ1n) is 12.6. The van der Waals surface area contributed by atoms with Crippen LogP contribution >= 0.6 is 0 Å². The Balaban J connectivity index is 0.00000259. The first-order chi connectivity index (χ1) is 15.7. The number of quaternary nitrogens is 1. The second-order valence-electron chi connectivity index (χ2n) is 10.3. The van der Waals surface area contributed by atoms with E-state index in [-0.39, 0.29) is 23.1 Å². The van der Waals surface area contributed by atoms with Crippen molar-refractivity contribution in [2.75, 3.05) is 39.4 Å². The van der Waals surface area contributed by atoms with Crippen molar-refractivity contribution in [1.82, 2.24) is 0 Å². The number of benzene rings is 2. The van der Waals surface area contributed by atoms with Gasteiger partial charge in [-0.1, -0.05) is 55.0 Å². The number of fused-ring (bicyclic) bond motifs is 3. The van der Waals surface area contributed by atoms with Crippen LogP contribution in [0.15, 0.2) is 60.7 Å². The normalized spacial score (nSPS) is 28.4. The molecule has 4 aliphatic rings. The van der Waals surface area contributed by atoms with Crippen molar-refractivity contribution in [2.45, 2.75) is 50.2 Å². The summed E-state index contributed by atoms with van der Waals surface area (Å²) in [6.07, 6.45) is 7.26. The quantitative estimate of drug-likeness (QED) is 0.387. The number of rotatable bonds is 10. The molecule has 2 atom stereocenters. The van der Waals surface area contributed by atoms with Crippen LogP contribution in [-0.2, 0) is 10.3 Å². The van der Waals surface area contributed by atoms with Crippen molar-refractivity contribution in [2.24, 2.45) is 11.8 Å². The van der Waals surface area contributed by atoms with E-state index in [1.165, 1.54) is 32.4 Å². The van der Waals surface area contributed by atoms with Crippen molar-refractivity contribution < 1.29 is 36.0 Å². The van der Waals surface area contributed by atoms with E-state index < -0.39 is 5.60 Å². The summed E-state index contributed by atoms with van der Waals surface area (Å²) >= 11 is 0. The van der Waals surface area contributed by atoms with Crippen LogP contribution in [-0.4, -0.2) is 55.1 Å². The lowest BCUT2D eigenvalue weighted by Gasteiger charge is -2.53. The topological polar surface area (TPSA) is 38.7 Å². The molecular formula is C28H38BrNO3. The summed E-state index contributed by atoms with van der Waals surface area (Å²) in [5.41, 5.74) is 0.174. The molecule has 3 heterocycles. The molecule has 0 spiro atoms. The minimum atomic E-state index is -0.847. The first-order valence-corrected chi connectivity index (χ1v) is 12.6. The predicted octanol–water partition coefficient (Wildman–Crippen LogP) is 1.77. The molecule has 0 aromatic heterocycles. The van der Waals surface area contributed by atoms with Gasteiger partial charge < -0.3 is 36.0 Å². The number of piperidine rings is 3. The molecule has 1 N–H and O–H groups in total. The lowest BCUT2D eigenvalue weighted by atomic mass is 9.70. The maximum absolute atomic E-state index is 11.7. The maximum Gasteiger partial charge on any atom is 0.119 e. The second kappa shape index (κ2) is 10.9. The van der Waals surface area contributed by atoms with Crippen LogP contribution in [0, 0.1) is 11.8 Å². The van der Waals surface area contributed by atoms with Gasteiger partial charge in [-0.2, -0.15) is 0 Å². The van der Waals surface area contributed by atoms with Crippen LogP contribution in [0.3, 0.4) is 0 Å². The molecule has 2 aromatic rings. The minimum Gasteiger partial charge on any atom is -1.00 e. The molecule has 4 nitrogen and oxygen atoms in total. The summed E-state index contributed by atoms with van der Waals surface area (Å²) < 4.78 is 13.7. The van der Waals surface area contributed by atoms with Gasteiger partial charge in [0, 0.05) is 25.2 Å². The Morgan fingerprint density at radius 3 is 2.21 bits per heavy atom. The fourth-order valence-electron chi connectivity index (χ4n) is 6.11. The summed E-state index contributed by atoms with van der Waals surface area (Å²) in [5.74, 6) is 1.93. The number of ether oxygens (including phenoxy) is 2. The fourth-order valence-corrected chi connectivity index (χ4v) is 6.11. The molecule has 0 amide bonds. The zero-order chi connectivity index (χ0) is 21.9. The van der Waals surface area contributed by atoms with Gasteiger partial charge in [-0.05, 0) is 36.5 Å². The molecular weight excluding hydrogens is 478 g/mol. The smallest absolute Gasteiger partial charge is 0.119 e. The highest BCUT2D eigenvalue weighted by atomic mass is 79.9. The minimum absolute atomic E-state index is 0. The van der Waals surface area contributed by atoms with Crippen molar-refractivity contribution in [3.8, 4) is 5.75 Å². The van der Waals surface area contributed by atoms with Crippen molar-refractivity contribution in [1.29, 1.82) is 0 Å². The van der Waals surface area contributed by atoms with Crippen molar-refractivity contribution in [3.05, 3.63) is 66.2 Å². The van der Waals surface area contributed by atoms with Crippen LogP contribution < -0.4 is 21.7 Å². The molecule has 1 aliphatic carbocycles. The van der Waals surface area contributed by atoms with E-state index in [4.69, 9.17) is 9.47 Å². The Hall–Kier alpha value is -1.40. The van der Waals surface area contributed by atoms with E-state index >= 15 is 0 Å². The fraction of sp³-hybridized carbons (Fsp3) is 0.571. The third-order valence-corrected chi connectivity index (χ3v) is 8.40. The summed E-state index contributed by atoms with van der Waals surface area (Å²) in [6, 6.07) is 20.3. The lowest BCUT2D eigenvalue weighted by molar-refractivity contribution is -0.946. The van der Waals surface area contributed by atoms with Crippen LogP contribution in [0.5, 0.6) is 5.75 Å². The largest absolute Gasteiger partial charge is 1.00 e. The predicted molar refractivity (Wildman–Crippen MR) is 126 cm³/mol. The van der Waals surface area contributed by atoms with Gasteiger partial charge in [0.2, 0.25) is 0 Å². The SMILES string of the molecule is OC(CO[C@@H]1C[N+]2(CCCOc3ccccc3)CCC1CC2)(c1ccccc1)C1CCC1.[Br-]. The number of hydrogen-bond donors (Lipinski definition) is 1. The molecule has 2 aromatic carbocycles. The Bertz CT molecular complexity index is 852. The molecule has 1 unspecified atom stereocenters. The van der Waals surface area contributed by atoms with E-state index in [1.807, 2.05) is 48.5 Å². The summed E-state index contributed by atoms with van der Waals surface area (Å²) in [6.45, 7) is 5.98. The van der Waals surface area contributed by atoms with Gasteiger partial charge in [0.05, 0.1) is 32.8 Å². The number of para-hydroxylation sites is 1. The van der Waals surface area contributed by atoms with Gasteiger partial charge in [-0.15, -0.1) is 0 Å². The number of halogens is 1. The third-order valence-electron chi connectivity index (χ3n) is 8.40. The summed E-state index contributed by atoms with van der Waals surface area (Å²) in [4.78, 5) is 0. The van der Waals surface area contributed by atoms with Gasteiger partial charge in [0.25, 0.3) is 0 Å². The van der Waals surface area contributed by atoms with E-state index in [1.54, 1.807) is 0 Å². The van der Waals surface area contributed by atoms with Crippen LogP contribution in [0.25, 0.3) is 0 Å². The average Bonchev–Trinajstić information content (AvgIpc) is 2.81. The molecule has 0 radical (unpaired) electrons. The van der Waals surface area contributed by atoms with Crippen molar-refractivity contribution in [3.63, 3.8) is 0 Å². The Kier molecular flexibility index (Phi) is 8.16. The summed E-state index contributed by atoms with van der Waals surface area (Å²) in [7, 11) is 0. The highest BCUT2D eigenvalue weighted by Crippen LogP contribution is 2.44. The maximum atomic E-state index is 11.7. The highest BCUT2D eigenvalue weighted by Gasteiger charge is 2.48. The number of aliphatic hydroxyl groups is 1. The molecule has 180 valence electrons. The highest BCUT2D eigenvalue weighted by molar-refractivity contribution is 5.24. The molecule has 3 saturated heterocycles. The Labute approximate surface area is 209 Å². The second-order valence-corrected chi connectivity index (χ2v) is 10.3. The van der Waals surface area contributed by atoms with Gasteiger partial charge in [-0.25, -0.2) is 0 Å². The first kappa shape index (κ1) is 24.7. The van der Waals surface area contributed by atoms with Crippen molar-refractivity contribution >= 4 is 0 Å². The Morgan fingerprint density at radius 1 is 0.909 bits per heavy atom. The van der Waals surface area contributed by atoms with E-state index in [2.05, 4.69) is 12.1 Å². The van der Waals surface area contributed by atoms with Gasteiger partial charge in [-0.3, -0.25) is 0 Å². The Morgan fingerprint density at radius 2 is 1.58 bits per heavy atom. The molecule has 3 aliphatic heterocycles. The van der Waals surface area contributed by atoms with Gasteiger partial charge >= 0.3 is 0 Å². The number of hydrogen-bond acceptors (Lipinski definition) is 3. The van der Waals surface area contributed by atoms with E-state index in [0.717, 1.165) is 54.8 Å². The van der Waals surface area contributed by atoms with Gasteiger partial charge in [0.15, 0.2) is 0 Å². The monoisotopic (exact) mass is 515 g/mol. The number of nitrogens with zero attached hydrogens (tertiary/aromatic N) is 1. The standard InChI is InChI=1S/C28H38NO3.BrH/c30-28(25-11-7-12-25,24-9-3-1-4-10-24)22-32-27-21-29(18-15-23(27)16-19-29)17-8-20-31-26-13-5-2-6-14-26;/h1-6,9-10,13-14,23,25,27,30H,7-8,11-12,15-22H2;1H/q+1;/p-1/t23?,27-,28?,29?;/m1./s1. The molecule has 5 heteroatoms. The van der Waals surface area contributed by atoms with Crippen LogP contribution in [0.4, 0.5) is 0 Å². The lowest BCUT2D eigenvalue weighted by Crippen LogP contribution is -3.00. The molecule has 4 fully saturated rings. The van der Waals surface area contributed by atoms with Crippen LogP contribution in [0.1, 0.15) is 44.1 Å². The zero-order valence-electron chi connectivity index (χ0n) is 19.6. The third kappa shape index (κ3) is 5.48. The molecule has 6 rings (SSSR count). The average molecular weight is 517 g/mol. The van der Waals surface area contributed by atoms with E-state index in [0.29, 0.717) is 18.4 Å². The zero-order valence-corrected chi connectivity index (χ0v) is 21.2.